The largest absolute Gasteiger partial charge is 0.373 e. The highest BCUT2D eigenvalue weighted by Gasteiger charge is 2.23. The minimum atomic E-state index is 0.448. The van der Waals surface area contributed by atoms with Crippen molar-refractivity contribution in [3.05, 3.63) is 83.9 Å². The predicted octanol–water partition coefficient (Wildman–Crippen LogP) is 4.90. The average Bonchev–Trinajstić information content (AvgIpc) is 3.61. The molecule has 0 spiro atoms. The van der Waals surface area contributed by atoms with Crippen molar-refractivity contribution >= 4 is 0 Å². The minimum Gasteiger partial charge on any atom is -0.373 e. The van der Waals surface area contributed by atoms with E-state index in [4.69, 9.17) is 9.47 Å². The Kier molecular flexibility index (Phi) is 4.08. The van der Waals surface area contributed by atoms with E-state index in [1.54, 1.807) is 0 Å². The highest BCUT2D eigenvalue weighted by Crippen LogP contribution is 2.27. The van der Waals surface area contributed by atoms with Crippen molar-refractivity contribution in [2.45, 2.75) is 25.0 Å². The molecule has 0 radical (unpaired) electrons. The number of hydrogen-bond acceptors (Lipinski definition) is 2. The number of rotatable bonds is 6. The molecule has 2 aliphatic rings. The third-order valence-corrected chi connectivity index (χ3v) is 5.19. The average molecular weight is 342 g/mol. The van der Waals surface area contributed by atoms with E-state index in [0.717, 1.165) is 26.1 Å². The smallest absolute Gasteiger partial charge is 0.0850 e. The summed E-state index contributed by atoms with van der Waals surface area (Å²) in [7, 11) is 0. The Balaban J connectivity index is 1.29. The molecule has 3 aromatic carbocycles. The Morgan fingerprint density at radius 3 is 1.04 bits per heavy atom. The van der Waals surface area contributed by atoms with E-state index in [2.05, 4.69) is 72.8 Å². The van der Waals surface area contributed by atoms with Crippen molar-refractivity contribution in [1.29, 1.82) is 0 Å². The summed E-state index contributed by atoms with van der Waals surface area (Å²) < 4.78 is 10.6. The Hall–Kier alpha value is -2.42. The zero-order valence-corrected chi connectivity index (χ0v) is 14.7. The second-order valence-corrected chi connectivity index (χ2v) is 7.29. The van der Waals surface area contributed by atoms with Crippen LogP contribution < -0.4 is 0 Å². The first-order valence-electron chi connectivity index (χ1n) is 9.35. The molecule has 3 aromatic rings. The van der Waals surface area contributed by atoms with Gasteiger partial charge in [-0.15, -0.1) is 0 Å². The molecular weight excluding hydrogens is 320 g/mol. The van der Waals surface area contributed by atoms with Gasteiger partial charge in [0.05, 0.1) is 25.4 Å². The number of hydrogen-bond donors (Lipinski definition) is 0. The van der Waals surface area contributed by atoms with Gasteiger partial charge in [0.15, 0.2) is 0 Å². The van der Waals surface area contributed by atoms with Crippen LogP contribution in [0, 0.1) is 0 Å². The number of ether oxygens (including phenoxy) is 2. The lowest BCUT2D eigenvalue weighted by Gasteiger charge is -2.07. The maximum atomic E-state index is 5.31. The molecule has 0 bridgehead atoms. The molecule has 0 aliphatic carbocycles. The van der Waals surface area contributed by atoms with E-state index in [1.165, 1.54) is 33.4 Å². The minimum absolute atomic E-state index is 0.448. The fourth-order valence-corrected chi connectivity index (χ4v) is 3.42. The van der Waals surface area contributed by atoms with Crippen LogP contribution in [0.5, 0.6) is 0 Å². The van der Waals surface area contributed by atoms with Crippen molar-refractivity contribution in [2.24, 2.45) is 0 Å². The first-order chi connectivity index (χ1) is 12.8. The van der Waals surface area contributed by atoms with Gasteiger partial charge < -0.3 is 9.47 Å². The van der Waals surface area contributed by atoms with E-state index < -0.39 is 0 Å². The first-order valence-corrected chi connectivity index (χ1v) is 9.35. The van der Waals surface area contributed by atoms with Crippen LogP contribution >= 0.6 is 0 Å². The molecule has 0 aromatic heterocycles. The quantitative estimate of drug-likeness (QED) is 0.595. The normalized spacial score (nSPS) is 20.8. The summed E-state index contributed by atoms with van der Waals surface area (Å²) in [6.07, 6.45) is 2.95. The predicted molar refractivity (Wildman–Crippen MR) is 104 cm³/mol. The lowest BCUT2D eigenvalue weighted by Crippen LogP contribution is -1.92. The Morgan fingerprint density at radius 2 is 0.769 bits per heavy atom. The highest BCUT2D eigenvalue weighted by atomic mass is 16.6. The van der Waals surface area contributed by atoms with Crippen LogP contribution in [0.3, 0.4) is 0 Å². The van der Waals surface area contributed by atoms with Crippen LogP contribution in [-0.4, -0.2) is 25.4 Å². The van der Waals surface area contributed by atoms with Gasteiger partial charge in [-0.1, -0.05) is 72.8 Å². The van der Waals surface area contributed by atoms with Gasteiger partial charge in [0.1, 0.15) is 0 Å². The van der Waals surface area contributed by atoms with Crippen molar-refractivity contribution < 1.29 is 9.47 Å². The van der Waals surface area contributed by atoms with E-state index in [9.17, 15) is 0 Å². The molecular formula is C24H22O2. The molecule has 130 valence electrons. The van der Waals surface area contributed by atoms with Crippen LogP contribution in [-0.2, 0) is 22.3 Å². The monoisotopic (exact) mass is 342 g/mol. The Morgan fingerprint density at radius 1 is 0.500 bits per heavy atom. The maximum absolute atomic E-state index is 5.31. The van der Waals surface area contributed by atoms with Crippen molar-refractivity contribution in [3.8, 4) is 22.3 Å². The van der Waals surface area contributed by atoms with Crippen molar-refractivity contribution in [3.63, 3.8) is 0 Å². The van der Waals surface area contributed by atoms with E-state index >= 15 is 0 Å². The van der Waals surface area contributed by atoms with Crippen LogP contribution in [0.1, 0.15) is 11.1 Å². The summed E-state index contributed by atoms with van der Waals surface area (Å²) in [6.45, 7) is 1.83. The molecule has 2 heteroatoms. The fraction of sp³-hybridized carbons (Fsp3) is 0.250. The van der Waals surface area contributed by atoms with Crippen LogP contribution in [0.25, 0.3) is 22.3 Å². The molecule has 2 aliphatic heterocycles. The van der Waals surface area contributed by atoms with Crippen LogP contribution in [0.2, 0.25) is 0 Å². The van der Waals surface area contributed by atoms with E-state index in [-0.39, 0.29) is 0 Å². The van der Waals surface area contributed by atoms with E-state index in [1.807, 2.05) is 0 Å². The second kappa shape index (κ2) is 6.71. The molecule has 0 amide bonds. The van der Waals surface area contributed by atoms with Crippen LogP contribution in [0.15, 0.2) is 72.8 Å². The molecule has 2 atom stereocenters. The molecule has 0 N–H and O–H groups in total. The SMILES string of the molecule is c1cc(-c2ccc(-c3ccc(CC4CO4)cc3)cc2)ccc1CC1CO1. The van der Waals surface area contributed by atoms with Gasteiger partial charge in [-0.25, -0.2) is 0 Å². The molecule has 5 rings (SSSR count). The van der Waals surface area contributed by atoms with Gasteiger partial charge in [-0.05, 0) is 33.4 Å². The van der Waals surface area contributed by atoms with Crippen molar-refractivity contribution in [2.75, 3.05) is 13.2 Å². The third kappa shape index (κ3) is 3.72. The van der Waals surface area contributed by atoms with Crippen LogP contribution in [0.4, 0.5) is 0 Å². The fourth-order valence-electron chi connectivity index (χ4n) is 3.42. The van der Waals surface area contributed by atoms with Gasteiger partial charge in [0.2, 0.25) is 0 Å². The zero-order chi connectivity index (χ0) is 17.3. The molecule has 2 saturated heterocycles. The van der Waals surface area contributed by atoms with Gasteiger partial charge >= 0.3 is 0 Å². The molecule has 0 saturated carbocycles. The summed E-state index contributed by atoms with van der Waals surface area (Å²) in [5.74, 6) is 0. The first kappa shape index (κ1) is 15.8. The van der Waals surface area contributed by atoms with Gasteiger partial charge in [0, 0.05) is 12.8 Å². The van der Waals surface area contributed by atoms with Crippen molar-refractivity contribution in [1.82, 2.24) is 0 Å². The molecule has 2 unspecified atom stereocenters. The molecule has 2 fully saturated rings. The third-order valence-electron chi connectivity index (χ3n) is 5.19. The summed E-state index contributed by atoms with van der Waals surface area (Å²) in [5.41, 5.74) is 7.73. The highest BCUT2D eigenvalue weighted by molar-refractivity contribution is 5.70. The van der Waals surface area contributed by atoms with Gasteiger partial charge in [-0.3, -0.25) is 0 Å². The zero-order valence-electron chi connectivity index (χ0n) is 14.7. The second-order valence-electron chi connectivity index (χ2n) is 7.29. The molecule has 2 nitrogen and oxygen atoms in total. The topological polar surface area (TPSA) is 25.1 Å². The van der Waals surface area contributed by atoms with Gasteiger partial charge in [-0.2, -0.15) is 0 Å². The Labute approximate surface area is 154 Å². The lowest BCUT2D eigenvalue weighted by atomic mass is 9.98. The summed E-state index contributed by atoms with van der Waals surface area (Å²) >= 11 is 0. The van der Waals surface area contributed by atoms with Gasteiger partial charge in [0.25, 0.3) is 0 Å². The molecule has 26 heavy (non-hydrogen) atoms. The Bertz CT molecular complexity index is 795. The number of benzene rings is 3. The van der Waals surface area contributed by atoms with E-state index in [0.29, 0.717) is 12.2 Å². The summed E-state index contributed by atoms with van der Waals surface area (Å²) in [6, 6.07) is 26.5. The lowest BCUT2D eigenvalue weighted by molar-refractivity contribution is 0.407. The summed E-state index contributed by atoms with van der Waals surface area (Å²) in [4.78, 5) is 0. The molecule has 2 heterocycles. The maximum Gasteiger partial charge on any atom is 0.0850 e. The summed E-state index contributed by atoms with van der Waals surface area (Å²) in [5, 5.41) is 0. The standard InChI is InChI=1S/C24H22O2/c1-5-19(6-2-17(1)13-23-15-25-23)21-9-11-22(12-10-21)20-7-3-18(4-8-20)14-24-16-26-24/h1-12,23-24H,13-16H2. The number of epoxide rings is 2.